The summed E-state index contributed by atoms with van der Waals surface area (Å²) >= 11 is 0. The maximum atomic E-state index is 15.0. The highest BCUT2D eigenvalue weighted by molar-refractivity contribution is 5.78. The van der Waals surface area contributed by atoms with Crippen LogP contribution < -0.4 is 10.4 Å². The Morgan fingerprint density at radius 1 is 1.11 bits per heavy atom. The van der Waals surface area contributed by atoms with Crippen molar-refractivity contribution in [2.45, 2.75) is 19.0 Å². The van der Waals surface area contributed by atoms with Gasteiger partial charge in [0.15, 0.2) is 17.2 Å². The largest absolute Gasteiger partial charge is 0.490 e. The van der Waals surface area contributed by atoms with Crippen LogP contribution in [0.1, 0.15) is 18.0 Å². The minimum atomic E-state index is -0.872. The summed E-state index contributed by atoms with van der Waals surface area (Å²) in [5.41, 5.74) is 1.04. The predicted octanol–water partition coefficient (Wildman–Crippen LogP) is 3.37. The Hall–Kier alpha value is -4.19. The van der Waals surface area contributed by atoms with Crippen LogP contribution in [0.15, 0.2) is 47.7 Å². The Labute approximate surface area is 201 Å². The van der Waals surface area contributed by atoms with Crippen LogP contribution in [0.3, 0.4) is 0 Å². The van der Waals surface area contributed by atoms with Crippen molar-refractivity contribution in [2.75, 3.05) is 20.3 Å². The Morgan fingerprint density at radius 3 is 2.78 bits per heavy atom. The van der Waals surface area contributed by atoms with Crippen molar-refractivity contribution in [3.8, 4) is 11.7 Å². The molecule has 2 aromatic carbocycles. The lowest BCUT2D eigenvalue weighted by atomic mass is 9.99. The van der Waals surface area contributed by atoms with Crippen molar-refractivity contribution in [3.05, 3.63) is 76.4 Å². The van der Waals surface area contributed by atoms with E-state index in [1.54, 1.807) is 0 Å². The molecule has 0 unspecified atom stereocenters. The van der Waals surface area contributed by atoms with E-state index in [-0.39, 0.29) is 49.1 Å². The molecule has 36 heavy (non-hydrogen) atoms. The highest BCUT2D eigenvalue weighted by Crippen LogP contribution is 2.39. The number of aromatic nitrogens is 6. The molecule has 184 valence electrons. The minimum Gasteiger partial charge on any atom is -0.490 e. The van der Waals surface area contributed by atoms with Gasteiger partial charge in [0.1, 0.15) is 23.5 Å². The smallest absolute Gasteiger partial charge is 0.331 e. The van der Waals surface area contributed by atoms with Crippen molar-refractivity contribution in [1.82, 2.24) is 28.7 Å². The third-order valence-corrected chi connectivity index (χ3v) is 6.31. The van der Waals surface area contributed by atoms with Crippen LogP contribution in [0, 0.1) is 17.5 Å². The van der Waals surface area contributed by atoms with Gasteiger partial charge in [-0.2, -0.15) is 4.98 Å². The molecule has 0 aliphatic carbocycles. The van der Waals surface area contributed by atoms with Crippen LogP contribution in [0.25, 0.3) is 28.1 Å². The normalized spacial score (nSPS) is 15.4. The molecule has 1 aliphatic rings. The molecule has 3 aromatic heterocycles. The predicted molar refractivity (Wildman–Crippen MR) is 123 cm³/mol. The summed E-state index contributed by atoms with van der Waals surface area (Å²) in [5.74, 6) is -1.94. The molecule has 1 atom stereocenters. The van der Waals surface area contributed by atoms with Gasteiger partial charge < -0.3 is 9.47 Å². The Morgan fingerprint density at radius 2 is 1.94 bits per heavy atom. The molecule has 9 nitrogen and oxygen atoms in total. The zero-order chi connectivity index (χ0) is 25.0. The summed E-state index contributed by atoms with van der Waals surface area (Å²) in [7, 11) is 1.51. The number of ether oxygens (including phenoxy) is 2. The topological polar surface area (TPSA) is 89.0 Å². The summed E-state index contributed by atoms with van der Waals surface area (Å²) in [4.78, 5) is 26.9. The molecule has 12 heteroatoms. The molecule has 0 spiro atoms. The molecule has 1 aliphatic heterocycles. The average molecular weight is 496 g/mol. The second kappa shape index (κ2) is 8.48. The number of hydrogen-bond donors (Lipinski definition) is 0. The van der Waals surface area contributed by atoms with E-state index in [1.165, 1.54) is 51.5 Å². The van der Waals surface area contributed by atoms with Crippen molar-refractivity contribution < 1.29 is 22.6 Å². The molecule has 0 saturated heterocycles. The molecule has 4 heterocycles. The zero-order valence-electron chi connectivity index (χ0n) is 19.0. The lowest BCUT2D eigenvalue weighted by Crippen LogP contribution is -2.32. The van der Waals surface area contributed by atoms with Gasteiger partial charge in [-0.3, -0.25) is 13.7 Å². The second-order valence-electron chi connectivity index (χ2n) is 8.35. The first-order chi connectivity index (χ1) is 17.5. The number of hydrogen-bond acceptors (Lipinski definition) is 6. The first-order valence-corrected chi connectivity index (χ1v) is 11.2. The summed E-state index contributed by atoms with van der Waals surface area (Å²) in [5, 5.41) is 0. The fourth-order valence-electron chi connectivity index (χ4n) is 4.67. The van der Waals surface area contributed by atoms with E-state index < -0.39 is 29.2 Å². The lowest BCUT2D eigenvalue weighted by molar-refractivity contribution is 0.186. The van der Waals surface area contributed by atoms with E-state index in [2.05, 4.69) is 15.0 Å². The minimum absolute atomic E-state index is 0.0514. The Kier molecular flexibility index (Phi) is 5.25. The fourth-order valence-corrected chi connectivity index (χ4v) is 4.67. The van der Waals surface area contributed by atoms with Gasteiger partial charge in [0, 0.05) is 19.6 Å². The first kappa shape index (κ1) is 22.3. The monoisotopic (exact) mass is 496 g/mol. The van der Waals surface area contributed by atoms with Crippen LogP contribution in [-0.2, 0) is 11.3 Å². The van der Waals surface area contributed by atoms with Gasteiger partial charge in [0.2, 0.25) is 5.95 Å². The third-order valence-electron chi connectivity index (χ3n) is 6.31. The number of fused-ring (bicyclic) bond motifs is 3. The number of benzene rings is 2. The average Bonchev–Trinajstić information content (AvgIpc) is 3.42. The molecular formula is C24H19F3N6O3. The summed E-state index contributed by atoms with van der Waals surface area (Å²) in [6.45, 7) is 0.515. The van der Waals surface area contributed by atoms with E-state index in [9.17, 15) is 18.0 Å². The maximum absolute atomic E-state index is 15.0. The SMILES string of the molecule is COCCn1c(=O)n([C@@H]2CCOc3c(F)ccc(F)c32)c2nc(-n3cnc4ccc(F)cc43)ncc21. The maximum Gasteiger partial charge on any atom is 0.331 e. The highest BCUT2D eigenvalue weighted by atomic mass is 19.1. The van der Waals surface area contributed by atoms with Gasteiger partial charge in [0.05, 0.1) is 48.6 Å². The van der Waals surface area contributed by atoms with E-state index in [1.807, 2.05) is 0 Å². The van der Waals surface area contributed by atoms with E-state index >= 15 is 0 Å². The summed E-state index contributed by atoms with van der Waals surface area (Å²) < 4.78 is 58.2. The van der Waals surface area contributed by atoms with E-state index in [0.29, 0.717) is 16.6 Å². The van der Waals surface area contributed by atoms with Gasteiger partial charge in [-0.15, -0.1) is 0 Å². The second-order valence-corrected chi connectivity index (χ2v) is 8.35. The molecule has 0 radical (unpaired) electrons. The summed E-state index contributed by atoms with van der Waals surface area (Å²) in [6.07, 6.45) is 3.14. The van der Waals surface area contributed by atoms with Gasteiger partial charge in [-0.1, -0.05) is 0 Å². The molecule has 0 bridgehead atoms. The third kappa shape index (κ3) is 3.36. The standard InChI is InChI=1S/C24H19F3N6O3/c1-35-9-7-31-19-11-28-23(32-12-29-16-5-2-13(25)10-18(16)32)30-22(19)33(24(31)34)17-6-8-36-21-15(27)4-3-14(26)20(17)21/h2-5,10-12,17H,6-9H2,1H3/t17-/m1/s1. The molecule has 0 fully saturated rings. The number of halogens is 3. The number of rotatable bonds is 5. The molecule has 0 N–H and O–H groups in total. The van der Waals surface area contributed by atoms with Gasteiger partial charge in [-0.25, -0.2) is 27.9 Å². The van der Waals surface area contributed by atoms with Gasteiger partial charge >= 0.3 is 5.69 Å². The van der Waals surface area contributed by atoms with E-state index in [4.69, 9.17) is 9.47 Å². The quantitative estimate of drug-likeness (QED) is 0.371. The number of methoxy groups -OCH3 is 1. The molecule has 0 saturated carbocycles. The van der Waals surface area contributed by atoms with Crippen LogP contribution >= 0.6 is 0 Å². The number of imidazole rings is 2. The van der Waals surface area contributed by atoms with Gasteiger partial charge in [0.25, 0.3) is 0 Å². The first-order valence-electron chi connectivity index (χ1n) is 11.2. The van der Waals surface area contributed by atoms with Crippen molar-refractivity contribution in [3.63, 3.8) is 0 Å². The molecular weight excluding hydrogens is 477 g/mol. The van der Waals surface area contributed by atoms with Crippen LogP contribution in [-0.4, -0.2) is 49.0 Å². The van der Waals surface area contributed by atoms with Crippen LogP contribution in [0.4, 0.5) is 13.2 Å². The van der Waals surface area contributed by atoms with Crippen molar-refractivity contribution in [2.24, 2.45) is 0 Å². The summed E-state index contributed by atoms with van der Waals surface area (Å²) in [6, 6.07) is 5.27. The van der Waals surface area contributed by atoms with E-state index in [0.717, 1.165) is 12.1 Å². The molecule has 5 aromatic rings. The van der Waals surface area contributed by atoms with Crippen molar-refractivity contribution >= 4 is 22.2 Å². The van der Waals surface area contributed by atoms with Crippen molar-refractivity contribution in [1.29, 1.82) is 0 Å². The zero-order valence-corrected chi connectivity index (χ0v) is 19.0. The molecule has 6 rings (SSSR count). The van der Waals surface area contributed by atoms with Gasteiger partial charge in [-0.05, 0) is 24.3 Å². The lowest BCUT2D eigenvalue weighted by Gasteiger charge is -2.27. The fraction of sp³-hybridized carbons (Fsp3) is 0.250. The highest BCUT2D eigenvalue weighted by Gasteiger charge is 2.33. The Bertz CT molecular complexity index is 1690. The van der Waals surface area contributed by atoms with Crippen LogP contribution in [0.5, 0.6) is 5.75 Å². The number of nitrogens with zero attached hydrogens (tertiary/aromatic N) is 6. The molecule has 0 amide bonds. The Balaban J connectivity index is 1.61. The van der Waals surface area contributed by atoms with Crippen LogP contribution in [0.2, 0.25) is 0 Å².